The predicted molar refractivity (Wildman–Crippen MR) is 109 cm³/mol. The molecule has 3 aromatic rings. The summed E-state index contributed by atoms with van der Waals surface area (Å²) in [7, 11) is 0. The standard InChI is InChI=1S/C21H23ClN4O2/c1-2-19-24-18-12-14(22)5-8-17(18)21(25-19)26(13-16-4-3-11-28-16)10-9-20(27)23-15-6-7-15/h3-5,8,11-12,15H,2,6-7,9-10,13H2,1H3,(H,23,27). The van der Waals surface area contributed by atoms with Crippen molar-refractivity contribution in [1.29, 1.82) is 0 Å². The first-order valence-electron chi connectivity index (χ1n) is 9.65. The van der Waals surface area contributed by atoms with Gasteiger partial charge in [-0.1, -0.05) is 18.5 Å². The maximum atomic E-state index is 12.3. The topological polar surface area (TPSA) is 71.3 Å². The van der Waals surface area contributed by atoms with E-state index in [-0.39, 0.29) is 5.91 Å². The first-order valence-corrected chi connectivity index (χ1v) is 10.0. The number of halogens is 1. The molecule has 4 rings (SSSR count). The van der Waals surface area contributed by atoms with Gasteiger partial charge in [0.15, 0.2) is 0 Å². The Labute approximate surface area is 168 Å². The van der Waals surface area contributed by atoms with Gasteiger partial charge < -0.3 is 14.6 Å². The van der Waals surface area contributed by atoms with Gasteiger partial charge in [-0.3, -0.25) is 4.79 Å². The zero-order chi connectivity index (χ0) is 19.5. The number of furan rings is 1. The summed E-state index contributed by atoms with van der Waals surface area (Å²) in [6, 6.07) is 9.78. The third-order valence-electron chi connectivity index (χ3n) is 4.78. The summed E-state index contributed by atoms with van der Waals surface area (Å²) < 4.78 is 5.55. The molecular weight excluding hydrogens is 376 g/mol. The molecule has 0 aliphatic heterocycles. The second kappa shape index (κ2) is 8.19. The molecule has 0 unspecified atom stereocenters. The van der Waals surface area contributed by atoms with Crippen LogP contribution in [0.5, 0.6) is 0 Å². The van der Waals surface area contributed by atoms with Crippen LogP contribution in [-0.2, 0) is 17.8 Å². The lowest BCUT2D eigenvalue weighted by molar-refractivity contribution is -0.121. The van der Waals surface area contributed by atoms with Crippen LogP contribution >= 0.6 is 11.6 Å². The molecule has 1 saturated carbocycles. The number of aryl methyl sites for hydroxylation is 1. The molecule has 0 radical (unpaired) electrons. The second-order valence-electron chi connectivity index (χ2n) is 7.07. The number of aromatic nitrogens is 2. The molecule has 1 aliphatic carbocycles. The maximum Gasteiger partial charge on any atom is 0.221 e. The fourth-order valence-corrected chi connectivity index (χ4v) is 3.31. The second-order valence-corrected chi connectivity index (χ2v) is 7.51. The number of benzene rings is 1. The number of carbonyl (C=O) groups excluding carboxylic acids is 1. The first-order chi connectivity index (χ1) is 13.6. The molecular formula is C21H23ClN4O2. The van der Waals surface area contributed by atoms with Gasteiger partial charge in [0.2, 0.25) is 5.91 Å². The van der Waals surface area contributed by atoms with E-state index in [2.05, 4.69) is 15.2 Å². The molecule has 1 N–H and O–H groups in total. The van der Waals surface area contributed by atoms with Crippen LogP contribution in [-0.4, -0.2) is 28.5 Å². The van der Waals surface area contributed by atoms with E-state index in [1.165, 1.54) is 0 Å². The largest absolute Gasteiger partial charge is 0.467 e. The highest BCUT2D eigenvalue weighted by Gasteiger charge is 2.24. The van der Waals surface area contributed by atoms with Crippen molar-refractivity contribution < 1.29 is 9.21 Å². The van der Waals surface area contributed by atoms with E-state index in [4.69, 9.17) is 21.0 Å². The van der Waals surface area contributed by atoms with Crippen molar-refractivity contribution in [3.63, 3.8) is 0 Å². The summed E-state index contributed by atoms with van der Waals surface area (Å²) in [4.78, 5) is 23.7. The molecule has 2 aromatic heterocycles. The molecule has 1 fully saturated rings. The van der Waals surface area contributed by atoms with Gasteiger partial charge in [0, 0.05) is 35.8 Å². The Morgan fingerprint density at radius 3 is 2.89 bits per heavy atom. The monoisotopic (exact) mass is 398 g/mol. The van der Waals surface area contributed by atoms with Crippen LogP contribution in [0.1, 0.15) is 37.8 Å². The highest BCUT2D eigenvalue weighted by Crippen LogP contribution is 2.28. The number of hydrogen-bond acceptors (Lipinski definition) is 5. The van der Waals surface area contributed by atoms with Gasteiger partial charge in [0.25, 0.3) is 0 Å². The summed E-state index contributed by atoms with van der Waals surface area (Å²) in [6.07, 6.45) is 4.94. The smallest absolute Gasteiger partial charge is 0.221 e. The van der Waals surface area contributed by atoms with E-state index >= 15 is 0 Å². The average molecular weight is 399 g/mol. The fraction of sp³-hybridized carbons (Fsp3) is 0.381. The van der Waals surface area contributed by atoms with E-state index in [0.717, 1.165) is 41.1 Å². The van der Waals surface area contributed by atoms with Crippen molar-refractivity contribution in [1.82, 2.24) is 15.3 Å². The normalized spacial score (nSPS) is 13.6. The third kappa shape index (κ3) is 4.44. The summed E-state index contributed by atoms with van der Waals surface area (Å²) in [5, 5.41) is 4.60. The molecule has 0 bridgehead atoms. The van der Waals surface area contributed by atoms with Crippen molar-refractivity contribution in [2.45, 2.75) is 45.2 Å². The highest BCUT2D eigenvalue weighted by atomic mass is 35.5. The number of nitrogens with one attached hydrogen (secondary N) is 1. The van der Waals surface area contributed by atoms with Gasteiger partial charge in [0.1, 0.15) is 17.4 Å². The van der Waals surface area contributed by atoms with Gasteiger partial charge in [-0.05, 0) is 43.2 Å². The molecule has 1 aliphatic rings. The van der Waals surface area contributed by atoms with Crippen LogP contribution in [0.3, 0.4) is 0 Å². The Balaban J connectivity index is 1.66. The quantitative estimate of drug-likeness (QED) is 0.618. The maximum absolute atomic E-state index is 12.3. The molecule has 1 aromatic carbocycles. The Hall–Kier alpha value is -2.60. The van der Waals surface area contributed by atoms with Crippen LogP contribution in [0.2, 0.25) is 5.02 Å². The number of rotatable bonds is 8. The number of anilines is 1. The summed E-state index contributed by atoms with van der Waals surface area (Å²) in [5.41, 5.74) is 0.807. The minimum Gasteiger partial charge on any atom is -0.467 e. The lowest BCUT2D eigenvalue weighted by Crippen LogP contribution is -2.32. The van der Waals surface area contributed by atoms with Crippen molar-refractivity contribution in [2.75, 3.05) is 11.4 Å². The Morgan fingerprint density at radius 2 is 2.18 bits per heavy atom. The molecule has 2 heterocycles. The van der Waals surface area contributed by atoms with E-state index in [1.54, 1.807) is 6.26 Å². The highest BCUT2D eigenvalue weighted by molar-refractivity contribution is 6.31. The predicted octanol–water partition coefficient (Wildman–Crippen LogP) is 4.11. The zero-order valence-corrected chi connectivity index (χ0v) is 16.6. The number of amides is 1. The molecule has 146 valence electrons. The van der Waals surface area contributed by atoms with Crippen LogP contribution in [0.15, 0.2) is 41.0 Å². The number of nitrogens with zero attached hydrogens (tertiary/aromatic N) is 3. The molecule has 0 spiro atoms. The molecule has 28 heavy (non-hydrogen) atoms. The minimum atomic E-state index is 0.0732. The number of hydrogen-bond donors (Lipinski definition) is 1. The van der Waals surface area contributed by atoms with E-state index in [1.807, 2.05) is 37.3 Å². The molecule has 6 nitrogen and oxygen atoms in total. The van der Waals surface area contributed by atoms with Gasteiger partial charge in [0.05, 0.1) is 18.3 Å². The molecule has 1 amide bonds. The summed E-state index contributed by atoms with van der Waals surface area (Å²) >= 11 is 6.18. The van der Waals surface area contributed by atoms with E-state index in [0.29, 0.717) is 37.0 Å². The van der Waals surface area contributed by atoms with Crippen LogP contribution in [0.25, 0.3) is 10.9 Å². The van der Waals surface area contributed by atoms with Gasteiger partial charge >= 0.3 is 0 Å². The van der Waals surface area contributed by atoms with Gasteiger partial charge in [-0.15, -0.1) is 0 Å². The summed E-state index contributed by atoms with van der Waals surface area (Å²) in [5.74, 6) is 2.44. The van der Waals surface area contributed by atoms with E-state index in [9.17, 15) is 4.79 Å². The van der Waals surface area contributed by atoms with Gasteiger partial charge in [-0.2, -0.15) is 0 Å². The minimum absolute atomic E-state index is 0.0732. The third-order valence-corrected chi connectivity index (χ3v) is 5.01. The molecule has 0 saturated heterocycles. The van der Waals surface area contributed by atoms with Gasteiger partial charge in [-0.25, -0.2) is 9.97 Å². The lowest BCUT2D eigenvalue weighted by atomic mass is 10.2. The zero-order valence-electron chi connectivity index (χ0n) is 15.8. The first kappa shape index (κ1) is 18.7. The molecule has 7 heteroatoms. The Bertz CT molecular complexity index is 970. The Morgan fingerprint density at radius 1 is 1.32 bits per heavy atom. The van der Waals surface area contributed by atoms with Crippen molar-refractivity contribution in [3.8, 4) is 0 Å². The SMILES string of the molecule is CCc1nc(N(CCC(=O)NC2CC2)Cc2ccco2)c2ccc(Cl)cc2n1. The van der Waals surface area contributed by atoms with Crippen LogP contribution in [0, 0.1) is 0 Å². The summed E-state index contributed by atoms with van der Waals surface area (Å²) in [6.45, 7) is 3.09. The van der Waals surface area contributed by atoms with E-state index < -0.39 is 0 Å². The number of fused-ring (bicyclic) bond motifs is 1. The Kier molecular flexibility index (Phi) is 5.48. The van der Waals surface area contributed by atoms with Crippen LogP contribution < -0.4 is 10.2 Å². The lowest BCUT2D eigenvalue weighted by Gasteiger charge is -2.24. The van der Waals surface area contributed by atoms with Crippen LogP contribution in [0.4, 0.5) is 5.82 Å². The van der Waals surface area contributed by atoms with Crippen molar-refractivity contribution in [3.05, 3.63) is 53.2 Å². The van der Waals surface area contributed by atoms with Crippen molar-refractivity contribution >= 4 is 34.2 Å². The number of carbonyl (C=O) groups is 1. The van der Waals surface area contributed by atoms with Crippen molar-refractivity contribution in [2.24, 2.45) is 0 Å². The molecule has 0 atom stereocenters. The fourth-order valence-electron chi connectivity index (χ4n) is 3.15. The average Bonchev–Trinajstić information content (AvgIpc) is 3.35.